The highest BCUT2D eigenvalue weighted by atomic mass is 127. The van der Waals surface area contributed by atoms with E-state index >= 15 is 0 Å². The maximum absolute atomic E-state index is 13.4. The minimum absolute atomic E-state index is 0.139. The Balaban J connectivity index is 2.01. The maximum Gasteiger partial charge on any atom is 0.418 e. The summed E-state index contributed by atoms with van der Waals surface area (Å²) in [6.45, 7) is 2.23. The van der Waals surface area contributed by atoms with Gasteiger partial charge < -0.3 is 9.47 Å². The molecule has 0 atom stereocenters. The third-order valence-corrected chi connectivity index (χ3v) is 5.80. The van der Waals surface area contributed by atoms with Crippen LogP contribution in [-0.4, -0.2) is 24.8 Å². The number of hydrogen-bond donors (Lipinski definition) is 1. The predicted molar refractivity (Wildman–Crippen MR) is 119 cm³/mol. The molecule has 1 saturated heterocycles. The highest BCUT2D eigenvalue weighted by Crippen LogP contribution is 2.42. The van der Waals surface area contributed by atoms with Gasteiger partial charge in [-0.1, -0.05) is 12.1 Å². The average molecular weight is 548 g/mol. The zero-order chi connectivity index (χ0) is 22.1. The van der Waals surface area contributed by atoms with E-state index < -0.39 is 17.6 Å². The molecule has 0 aliphatic carbocycles. The number of benzene rings is 2. The fraction of sp³-hybridized carbons (Fsp3) is 0.200. The summed E-state index contributed by atoms with van der Waals surface area (Å²) in [5.74, 6) is 0.354. The standard InChI is InChI=1S/C20H16F3IN2O3S/c1-3-29-15-9-11(8-13(24)17(15)28-2)10-16-18(27)26(19(25)30-16)14-7-5-4-6-12(14)20(21,22)23/h4-10,25H,3H2,1-2H3/b16-10-,25-19?. The number of carbonyl (C=O) groups is 1. The van der Waals surface area contributed by atoms with E-state index in [2.05, 4.69) is 22.6 Å². The van der Waals surface area contributed by atoms with Crippen molar-refractivity contribution in [2.45, 2.75) is 13.1 Å². The van der Waals surface area contributed by atoms with E-state index in [1.807, 2.05) is 6.92 Å². The molecule has 3 rings (SSSR count). The molecule has 0 radical (unpaired) electrons. The molecular formula is C20H16F3IN2O3S. The minimum atomic E-state index is -4.65. The van der Waals surface area contributed by atoms with Gasteiger partial charge in [0.25, 0.3) is 5.91 Å². The van der Waals surface area contributed by atoms with E-state index in [1.165, 1.54) is 31.4 Å². The highest BCUT2D eigenvalue weighted by molar-refractivity contribution is 14.1. The molecule has 2 aromatic carbocycles. The lowest BCUT2D eigenvalue weighted by molar-refractivity contribution is -0.137. The number of amides is 1. The molecule has 0 spiro atoms. The molecule has 0 bridgehead atoms. The van der Waals surface area contributed by atoms with Crippen molar-refractivity contribution < 1.29 is 27.4 Å². The van der Waals surface area contributed by atoms with E-state index in [9.17, 15) is 18.0 Å². The molecule has 30 heavy (non-hydrogen) atoms. The molecule has 1 fully saturated rings. The highest BCUT2D eigenvalue weighted by Gasteiger charge is 2.40. The maximum atomic E-state index is 13.4. The summed E-state index contributed by atoms with van der Waals surface area (Å²) in [5.41, 5.74) is -0.726. The van der Waals surface area contributed by atoms with Crippen molar-refractivity contribution in [2.24, 2.45) is 0 Å². The van der Waals surface area contributed by atoms with Gasteiger partial charge in [-0.3, -0.25) is 15.1 Å². The summed E-state index contributed by atoms with van der Waals surface area (Å²) < 4.78 is 51.8. The quantitative estimate of drug-likeness (QED) is 0.381. The number of para-hydroxylation sites is 1. The number of carbonyl (C=O) groups excluding carboxylic acids is 1. The first-order valence-electron chi connectivity index (χ1n) is 8.66. The largest absolute Gasteiger partial charge is 0.492 e. The van der Waals surface area contributed by atoms with Crippen LogP contribution in [0.25, 0.3) is 6.08 Å². The summed E-state index contributed by atoms with van der Waals surface area (Å²) in [4.78, 5) is 13.8. The van der Waals surface area contributed by atoms with E-state index in [0.717, 1.165) is 26.3 Å². The second-order valence-electron chi connectivity index (χ2n) is 6.04. The number of ether oxygens (including phenoxy) is 2. The van der Waals surface area contributed by atoms with Crippen LogP contribution >= 0.6 is 34.4 Å². The van der Waals surface area contributed by atoms with Gasteiger partial charge in [-0.2, -0.15) is 13.2 Å². The van der Waals surface area contributed by atoms with Crippen molar-refractivity contribution in [3.63, 3.8) is 0 Å². The van der Waals surface area contributed by atoms with Crippen LogP contribution in [0.2, 0.25) is 0 Å². The number of amidine groups is 1. The lowest BCUT2D eigenvalue weighted by Gasteiger charge is -2.19. The average Bonchev–Trinajstić information content (AvgIpc) is 2.94. The molecule has 1 heterocycles. The topological polar surface area (TPSA) is 62.6 Å². The monoisotopic (exact) mass is 548 g/mol. The van der Waals surface area contributed by atoms with E-state index in [1.54, 1.807) is 12.1 Å². The van der Waals surface area contributed by atoms with Gasteiger partial charge in [0.1, 0.15) is 0 Å². The van der Waals surface area contributed by atoms with Crippen molar-refractivity contribution in [3.8, 4) is 11.5 Å². The Hall–Kier alpha value is -2.21. The number of anilines is 1. The van der Waals surface area contributed by atoms with Gasteiger partial charge in [0.05, 0.1) is 33.4 Å². The minimum Gasteiger partial charge on any atom is -0.492 e. The van der Waals surface area contributed by atoms with Crippen LogP contribution in [0, 0.1) is 8.98 Å². The van der Waals surface area contributed by atoms with Crippen LogP contribution in [0.3, 0.4) is 0 Å². The number of nitrogens with zero attached hydrogens (tertiary/aromatic N) is 1. The molecule has 0 aromatic heterocycles. The normalized spacial score (nSPS) is 15.8. The Kier molecular flexibility index (Phi) is 6.65. The SMILES string of the molecule is CCOc1cc(/C=C2\SC(=N)N(c3ccccc3C(F)(F)F)C2=O)cc(I)c1OC. The zero-order valence-electron chi connectivity index (χ0n) is 15.8. The lowest BCUT2D eigenvalue weighted by Crippen LogP contribution is -2.30. The van der Waals surface area contributed by atoms with Crippen LogP contribution in [0.4, 0.5) is 18.9 Å². The summed E-state index contributed by atoms with van der Waals surface area (Å²) >= 11 is 2.87. The molecule has 2 aromatic rings. The van der Waals surface area contributed by atoms with Crippen molar-refractivity contribution in [1.82, 2.24) is 0 Å². The molecule has 1 N–H and O–H groups in total. The molecule has 0 saturated carbocycles. The number of alkyl halides is 3. The molecule has 1 amide bonds. The molecule has 0 unspecified atom stereocenters. The van der Waals surface area contributed by atoms with Gasteiger partial charge >= 0.3 is 6.18 Å². The van der Waals surface area contributed by atoms with Gasteiger partial charge in [-0.15, -0.1) is 0 Å². The lowest BCUT2D eigenvalue weighted by atomic mass is 10.1. The summed E-state index contributed by atoms with van der Waals surface area (Å²) in [6.07, 6.45) is -3.12. The fourth-order valence-corrected chi connectivity index (χ4v) is 4.60. The molecule has 1 aliphatic heterocycles. The fourth-order valence-electron chi connectivity index (χ4n) is 2.90. The molecule has 10 heteroatoms. The Labute approximate surface area is 188 Å². The Morgan fingerprint density at radius 2 is 1.97 bits per heavy atom. The first-order chi connectivity index (χ1) is 14.2. The van der Waals surface area contributed by atoms with E-state index in [-0.39, 0.29) is 15.8 Å². The van der Waals surface area contributed by atoms with Crippen molar-refractivity contribution >= 4 is 57.2 Å². The number of nitrogens with one attached hydrogen (secondary N) is 1. The van der Waals surface area contributed by atoms with Crippen LogP contribution in [0.5, 0.6) is 11.5 Å². The summed E-state index contributed by atoms with van der Waals surface area (Å²) in [5, 5.41) is 7.80. The van der Waals surface area contributed by atoms with Gasteiger partial charge in [-0.05, 0) is 77.2 Å². The molecule has 5 nitrogen and oxygen atoms in total. The third-order valence-electron chi connectivity index (χ3n) is 4.11. The Morgan fingerprint density at radius 3 is 2.60 bits per heavy atom. The zero-order valence-corrected chi connectivity index (χ0v) is 18.8. The van der Waals surface area contributed by atoms with Crippen LogP contribution in [-0.2, 0) is 11.0 Å². The number of hydrogen-bond acceptors (Lipinski definition) is 5. The van der Waals surface area contributed by atoms with Crippen LogP contribution in [0.1, 0.15) is 18.1 Å². The van der Waals surface area contributed by atoms with Gasteiger partial charge in [0.2, 0.25) is 0 Å². The second kappa shape index (κ2) is 8.88. The second-order valence-corrected chi connectivity index (χ2v) is 8.23. The molecule has 1 aliphatic rings. The van der Waals surface area contributed by atoms with Gasteiger partial charge in [-0.25, -0.2) is 0 Å². The van der Waals surface area contributed by atoms with Crippen LogP contribution < -0.4 is 14.4 Å². The van der Waals surface area contributed by atoms with Crippen molar-refractivity contribution in [3.05, 3.63) is 56.0 Å². The number of halogens is 4. The van der Waals surface area contributed by atoms with Crippen molar-refractivity contribution in [2.75, 3.05) is 18.6 Å². The predicted octanol–water partition coefficient (Wildman–Crippen LogP) is 5.77. The summed E-state index contributed by atoms with van der Waals surface area (Å²) in [6, 6.07) is 8.16. The third kappa shape index (κ3) is 4.43. The smallest absolute Gasteiger partial charge is 0.418 e. The van der Waals surface area contributed by atoms with Crippen molar-refractivity contribution in [1.29, 1.82) is 5.41 Å². The molecular weight excluding hydrogens is 532 g/mol. The summed E-state index contributed by atoms with van der Waals surface area (Å²) in [7, 11) is 1.52. The Morgan fingerprint density at radius 1 is 1.27 bits per heavy atom. The van der Waals surface area contributed by atoms with E-state index in [0.29, 0.717) is 23.7 Å². The van der Waals surface area contributed by atoms with Crippen LogP contribution in [0.15, 0.2) is 41.3 Å². The van der Waals surface area contributed by atoms with Gasteiger partial charge in [0.15, 0.2) is 16.7 Å². The Bertz CT molecular complexity index is 1040. The van der Waals surface area contributed by atoms with Gasteiger partial charge in [0, 0.05) is 0 Å². The number of rotatable bonds is 5. The first-order valence-corrected chi connectivity index (χ1v) is 10.6. The number of methoxy groups -OCH3 is 1. The number of thioether (sulfide) groups is 1. The van der Waals surface area contributed by atoms with E-state index in [4.69, 9.17) is 14.9 Å². The molecule has 158 valence electrons. The first kappa shape index (κ1) is 22.5.